The lowest BCUT2D eigenvalue weighted by molar-refractivity contribution is 0.103. The Morgan fingerprint density at radius 1 is 1.40 bits per heavy atom. The van der Waals surface area contributed by atoms with Gasteiger partial charge in [0.1, 0.15) is 5.82 Å². The van der Waals surface area contributed by atoms with E-state index in [2.05, 4.69) is 6.58 Å². The molecule has 0 heterocycles. The van der Waals surface area contributed by atoms with Crippen LogP contribution in [0.5, 0.6) is 0 Å². The molecule has 1 nitrogen and oxygen atoms in total. The zero-order valence-electron chi connectivity index (χ0n) is 9.20. The monoisotopic (exact) mass is 208 g/mol. The van der Waals surface area contributed by atoms with Crippen molar-refractivity contribution in [2.24, 2.45) is 0 Å². The van der Waals surface area contributed by atoms with Crippen LogP contribution in [0.25, 0.3) is 0 Å². The van der Waals surface area contributed by atoms with Crippen molar-refractivity contribution in [3.63, 3.8) is 0 Å². The molecule has 1 aromatic carbocycles. The Bertz CT molecular complexity index is 327. The number of rotatable bonds is 4. The minimum Gasteiger partial charge on any atom is -0.392 e. The third kappa shape index (κ3) is 2.66. The van der Waals surface area contributed by atoms with Crippen molar-refractivity contribution in [3.05, 3.63) is 48.3 Å². The van der Waals surface area contributed by atoms with Crippen LogP contribution in [0.4, 0.5) is 4.39 Å². The first-order valence-corrected chi connectivity index (χ1v) is 5.03. The lowest BCUT2D eigenvalue weighted by atomic mass is 9.78. The molecule has 0 aliphatic heterocycles. The summed E-state index contributed by atoms with van der Waals surface area (Å²) in [7, 11) is 0. The highest BCUT2D eigenvalue weighted by Crippen LogP contribution is 2.29. The van der Waals surface area contributed by atoms with Crippen molar-refractivity contribution < 1.29 is 9.50 Å². The van der Waals surface area contributed by atoms with Gasteiger partial charge < -0.3 is 5.11 Å². The van der Waals surface area contributed by atoms with Gasteiger partial charge in [-0.2, -0.15) is 0 Å². The van der Waals surface area contributed by atoms with Crippen molar-refractivity contribution in [3.8, 4) is 0 Å². The lowest BCUT2D eigenvalue weighted by Gasteiger charge is -2.30. The van der Waals surface area contributed by atoms with E-state index >= 15 is 0 Å². The fraction of sp³-hybridized carbons (Fsp3) is 0.385. The van der Waals surface area contributed by atoms with Gasteiger partial charge in [0.05, 0.1) is 6.10 Å². The molecule has 0 bridgehead atoms. The average molecular weight is 208 g/mol. The van der Waals surface area contributed by atoms with Crippen LogP contribution in [-0.2, 0) is 5.41 Å². The molecule has 1 atom stereocenters. The predicted molar refractivity (Wildman–Crippen MR) is 60.2 cm³/mol. The van der Waals surface area contributed by atoms with Gasteiger partial charge in [-0.05, 0) is 24.1 Å². The largest absolute Gasteiger partial charge is 0.392 e. The Hall–Kier alpha value is -1.15. The first-order chi connectivity index (χ1) is 6.98. The topological polar surface area (TPSA) is 20.2 Å². The molecule has 0 saturated heterocycles. The number of hydrogen-bond acceptors (Lipinski definition) is 1. The molecule has 1 rings (SSSR count). The first-order valence-electron chi connectivity index (χ1n) is 5.03. The molecule has 0 spiro atoms. The van der Waals surface area contributed by atoms with Gasteiger partial charge >= 0.3 is 0 Å². The second-order valence-corrected chi connectivity index (χ2v) is 4.27. The summed E-state index contributed by atoms with van der Waals surface area (Å²) >= 11 is 0. The summed E-state index contributed by atoms with van der Waals surface area (Å²) in [5, 5.41) is 9.93. The van der Waals surface area contributed by atoms with Gasteiger partial charge in [-0.15, -0.1) is 6.58 Å². The van der Waals surface area contributed by atoms with Crippen molar-refractivity contribution in [1.29, 1.82) is 0 Å². The second-order valence-electron chi connectivity index (χ2n) is 4.27. The van der Waals surface area contributed by atoms with Gasteiger partial charge in [0.2, 0.25) is 0 Å². The molecule has 82 valence electrons. The summed E-state index contributed by atoms with van der Waals surface area (Å²) in [4.78, 5) is 0. The van der Waals surface area contributed by atoms with Gasteiger partial charge in [-0.1, -0.05) is 32.1 Å². The maximum Gasteiger partial charge on any atom is 0.123 e. The van der Waals surface area contributed by atoms with Crippen molar-refractivity contribution in [2.75, 3.05) is 0 Å². The van der Waals surface area contributed by atoms with E-state index in [0.29, 0.717) is 6.42 Å². The van der Waals surface area contributed by atoms with Crippen LogP contribution < -0.4 is 0 Å². The zero-order valence-corrected chi connectivity index (χ0v) is 9.20. The molecule has 1 unspecified atom stereocenters. The quantitative estimate of drug-likeness (QED) is 0.754. The Kier molecular flexibility index (Phi) is 3.64. The molecule has 15 heavy (non-hydrogen) atoms. The molecule has 0 fully saturated rings. The SMILES string of the molecule is C=CCC(O)C(C)(C)c1ccc(F)cc1. The second kappa shape index (κ2) is 4.58. The summed E-state index contributed by atoms with van der Waals surface area (Å²) in [6.07, 6.45) is 1.72. The molecular formula is C13H17FO. The van der Waals surface area contributed by atoms with E-state index < -0.39 is 6.10 Å². The molecule has 2 heteroatoms. The molecule has 1 aromatic rings. The number of halogens is 1. The maximum atomic E-state index is 12.7. The molecule has 0 aliphatic rings. The highest BCUT2D eigenvalue weighted by atomic mass is 19.1. The van der Waals surface area contributed by atoms with Gasteiger partial charge in [-0.25, -0.2) is 4.39 Å². The van der Waals surface area contributed by atoms with E-state index in [1.165, 1.54) is 12.1 Å². The first kappa shape index (κ1) is 11.9. The van der Waals surface area contributed by atoms with Crippen LogP contribution >= 0.6 is 0 Å². The highest BCUT2D eigenvalue weighted by molar-refractivity contribution is 5.25. The summed E-state index contributed by atoms with van der Waals surface area (Å²) < 4.78 is 12.7. The van der Waals surface area contributed by atoms with Gasteiger partial charge in [-0.3, -0.25) is 0 Å². The van der Waals surface area contributed by atoms with Crippen LogP contribution in [0, 0.1) is 5.82 Å². The molecule has 0 aliphatic carbocycles. The van der Waals surface area contributed by atoms with Gasteiger partial charge in [0.15, 0.2) is 0 Å². The average Bonchev–Trinajstić information content (AvgIpc) is 2.18. The molecular weight excluding hydrogens is 191 g/mol. The summed E-state index contributed by atoms with van der Waals surface area (Å²) in [5.41, 5.74) is 0.542. The fourth-order valence-corrected chi connectivity index (χ4v) is 1.52. The Balaban J connectivity index is 2.94. The van der Waals surface area contributed by atoms with E-state index in [9.17, 15) is 9.50 Å². The Morgan fingerprint density at radius 3 is 2.40 bits per heavy atom. The third-order valence-corrected chi connectivity index (χ3v) is 2.81. The van der Waals surface area contributed by atoms with Gasteiger partial charge in [0, 0.05) is 5.41 Å². The zero-order chi connectivity index (χ0) is 11.5. The van der Waals surface area contributed by atoms with E-state index in [1.807, 2.05) is 13.8 Å². The molecule has 0 radical (unpaired) electrons. The standard InChI is InChI=1S/C13H17FO/c1-4-5-12(15)13(2,3)10-6-8-11(14)9-7-10/h4,6-9,12,15H,1,5H2,2-3H3. The maximum absolute atomic E-state index is 12.7. The predicted octanol–water partition coefficient (Wildman–Crippen LogP) is 3.04. The van der Waals surface area contributed by atoms with Crippen molar-refractivity contribution in [1.82, 2.24) is 0 Å². The van der Waals surface area contributed by atoms with Crippen LogP contribution in [0.15, 0.2) is 36.9 Å². The van der Waals surface area contributed by atoms with E-state index in [4.69, 9.17) is 0 Å². The third-order valence-electron chi connectivity index (χ3n) is 2.81. The Labute approximate surface area is 90.3 Å². The minimum absolute atomic E-state index is 0.257. The molecule has 1 N–H and O–H groups in total. The number of aliphatic hydroxyl groups excluding tert-OH is 1. The van der Waals surface area contributed by atoms with E-state index in [-0.39, 0.29) is 11.2 Å². The van der Waals surface area contributed by atoms with E-state index in [0.717, 1.165) is 5.56 Å². The van der Waals surface area contributed by atoms with Crippen LogP contribution in [0.3, 0.4) is 0 Å². The molecule has 0 aromatic heterocycles. The van der Waals surface area contributed by atoms with Crippen molar-refractivity contribution >= 4 is 0 Å². The van der Waals surface area contributed by atoms with Crippen LogP contribution in [0.1, 0.15) is 25.8 Å². The summed E-state index contributed by atoms with van der Waals surface area (Å²) in [5.74, 6) is -0.257. The highest BCUT2D eigenvalue weighted by Gasteiger charge is 2.28. The number of hydrogen-bond donors (Lipinski definition) is 1. The fourth-order valence-electron chi connectivity index (χ4n) is 1.52. The lowest BCUT2D eigenvalue weighted by Crippen LogP contribution is -2.33. The molecule has 0 amide bonds. The Morgan fingerprint density at radius 2 is 1.93 bits per heavy atom. The minimum atomic E-state index is -0.500. The summed E-state index contributed by atoms with van der Waals surface area (Å²) in [6, 6.07) is 6.25. The number of aliphatic hydroxyl groups is 1. The van der Waals surface area contributed by atoms with Gasteiger partial charge in [0.25, 0.3) is 0 Å². The van der Waals surface area contributed by atoms with E-state index in [1.54, 1.807) is 18.2 Å². The van der Waals surface area contributed by atoms with Crippen LogP contribution in [0.2, 0.25) is 0 Å². The normalized spacial score (nSPS) is 13.6. The molecule has 0 saturated carbocycles. The smallest absolute Gasteiger partial charge is 0.123 e. The number of benzene rings is 1. The summed E-state index contributed by atoms with van der Waals surface area (Å²) in [6.45, 7) is 7.48. The van der Waals surface area contributed by atoms with Crippen molar-refractivity contribution in [2.45, 2.75) is 31.8 Å². The van der Waals surface area contributed by atoms with Crippen LogP contribution in [-0.4, -0.2) is 11.2 Å².